The third-order valence-electron chi connectivity index (χ3n) is 2.38. The molecule has 0 radical (unpaired) electrons. The number of nitrogen functional groups attached to an aromatic ring is 1. The smallest absolute Gasteiger partial charge is 0.384 e. The molecule has 8 heteroatoms. The van der Waals surface area contributed by atoms with Crippen molar-refractivity contribution < 1.29 is 13.2 Å². The van der Waals surface area contributed by atoms with Crippen molar-refractivity contribution in [1.82, 2.24) is 9.97 Å². The predicted octanol–water partition coefficient (Wildman–Crippen LogP) is 2.60. The largest absolute Gasteiger partial charge is 0.441 e. The van der Waals surface area contributed by atoms with Crippen molar-refractivity contribution in [3.05, 3.63) is 11.9 Å². The molecule has 0 atom stereocenters. The lowest BCUT2D eigenvalue weighted by Crippen LogP contribution is -2.11. The van der Waals surface area contributed by atoms with Crippen LogP contribution in [0.15, 0.2) is 6.07 Å². The normalized spacial score (nSPS) is 15.7. The summed E-state index contributed by atoms with van der Waals surface area (Å²) in [7, 11) is 0. The van der Waals surface area contributed by atoms with E-state index in [0.717, 1.165) is 12.8 Å². The van der Waals surface area contributed by atoms with Crippen molar-refractivity contribution in [1.29, 1.82) is 0 Å². The highest BCUT2D eigenvalue weighted by Gasteiger charge is 2.28. The number of halogens is 3. The minimum atomic E-state index is -4.19. The number of aromatic nitrogens is 2. The first-order valence-electron chi connectivity index (χ1n) is 5.53. The number of nitrogens with one attached hydrogen (secondary N) is 1. The Balaban J connectivity index is 1.85. The van der Waals surface area contributed by atoms with Gasteiger partial charge in [-0.05, 0) is 24.6 Å². The SMILES string of the molecule is Nc1cc(NCCSC(F)(F)F)nc(C2CC2)n1. The molecular weight excluding hydrogens is 265 g/mol. The zero-order valence-corrected chi connectivity index (χ0v) is 10.3. The van der Waals surface area contributed by atoms with Gasteiger partial charge in [0.05, 0.1) is 0 Å². The number of hydrogen-bond acceptors (Lipinski definition) is 5. The predicted molar refractivity (Wildman–Crippen MR) is 65.4 cm³/mol. The van der Waals surface area contributed by atoms with E-state index in [2.05, 4.69) is 15.3 Å². The van der Waals surface area contributed by atoms with Crippen LogP contribution in [0.3, 0.4) is 0 Å². The first-order valence-corrected chi connectivity index (χ1v) is 6.51. The summed E-state index contributed by atoms with van der Waals surface area (Å²) in [5.41, 5.74) is 1.43. The average molecular weight is 278 g/mol. The monoisotopic (exact) mass is 278 g/mol. The summed E-state index contributed by atoms with van der Waals surface area (Å²) in [6.07, 6.45) is 2.10. The Morgan fingerprint density at radius 3 is 2.72 bits per heavy atom. The van der Waals surface area contributed by atoms with Crippen LogP contribution in [-0.2, 0) is 0 Å². The van der Waals surface area contributed by atoms with E-state index in [-0.39, 0.29) is 24.1 Å². The molecule has 1 saturated carbocycles. The minimum Gasteiger partial charge on any atom is -0.384 e. The standard InChI is InChI=1S/C10H13F3N4S/c11-10(12,13)18-4-3-15-8-5-7(14)16-9(17-8)6-1-2-6/h5-6H,1-4H2,(H3,14,15,16,17). The third kappa shape index (κ3) is 4.25. The summed E-state index contributed by atoms with van der Waals surface area (Å²) in [5.74, 6) is 1.82. The summed E-state index contributed by atoms with van der Waals surface area (Å²) in [6.45, 7) is 0.185. The maximum absolute atomic E-state index is 11.9. The summed E-state index contributed by atoms with van der Waals surface area (Å²) in [5, 5.41) is 2.83. The molecule has 1 heterocycles. The lowest BCUT2D eigenvalue weighted by atomic mass is 10.4. The van der Waals surface area contributed by atoms with Crippen molar-refractivity contribution in [2.24, 2.45) is 0 Å². The van der Waals surface area contributed by atoms with Crippen LogP contribution in [-0.4, -0.2) is 27.8 Å². The number of nitrogens with zero attached hydrogens (tertiary/aromatic N) is 2. The molecule has 0 spiro atoms. The molecule has 1 aliphatic carbocycles. The topological polar surface area (TPSA) is 63.8 Å². The first-order chi connectivity index (χ1) is 8.44. The third-order valence-corrected chi connectivity index (χ3v) is 3.12. The Morgan fingerprint density at radius 2 is 2.11 bits per heavy atom. The fraction of sp³-hybridized carbons (Fsp3) is 0.600. The van der Waals surface area contributed by atoms with Gasteiger partial charge in [0.2, 0.25) is 0 Å². The molecular formula is C10H13F3N4S. The maximum atomic E-state index is 11.9. The number of thioether (sulfide) groups is 1. The highest BCUT2D eigenvalue weighted by atomic mass is 32.2. The Hall–Kier alpha value is -1.18. The van der Waals surface area contributed by atoms with Crippen LogP contribution in [0.4, 0.5) is 24.8 Å². The van der Waals surface area contributed by atoms with Crippen LogP contribution in [0.2, 0.25) is 0 Å². The maximum Gasteiger partial charge on any atom is 0.441 e. The van der Waals surface area contributed by atoms with Gasteiger partial charge < -0.3 is 11.1 Å². The van der Waals surface area contributed by atoms with E-state index in [1.807, 2.05) is 0 Å². The molecule has 3 N–H and O–H groups in total. The summed E-state index contributed by atoms with van der Waals surface area (Å²) in [6, 6.07) is 1.53. The molecule has 0 aliphatic heterocycles. The van der Waals surface area contributed by atoms with Crippen LogP contribution in [0.1, 0.15) is 24.6 Å². The number of anilines is 2. The van der Waals surface area contributed by atoms with Gasteiger partial charge in [-0.25, -0.2) is 9.97 Å². The van der Waals surface area contributed by atoms with E-state index >= 15 is 0 Å². The van der Waals surface area contributed by atoms with Crippen molar-refractivity contribution in [3.63, 3.8) is 0 Å². The van der Waals surface area contributed by atoms with E-state index in [9.17, 15) is 13.2 Å². The highest BCUT2D eigenvalue weighted by molar-refractivity contribution is 8.00. The van der Waals surface area contributed by atoms with Gasteiger partial charge in [0.1, 0.15) is 17.5 Å². The van der Waals surface area contributed by atoms with Gasteiger partial charge in [-0.1, -0.05) is 0 Å². The summed E-state index contributed by atoms with van der Waals surface area (Å²) >= 11 is -0.0573. The molecule has 4 nitrogen and oxygen atoms in total. The lowest BCUT2D eigenvalue weighted by Gasteiger charge is -2.09. The Kier molecular flexibility index (Phi) is 3.84. The fourth-order valence-corrected chi connectivity index (χ4v) is 1.88. The molecule has 1 aromatic rings. The molecule has 1 fully saturated rings. The van der Waals surface area contributed by atoms with E-state index in [0.29, 0.717) is 23.4 Å². The van der Waals surface area contributed by atoms with E-state index in [1.54, 1.807) is 0 Å². The van der Waals surface area contributed by atoms with Crippen LogP contribution >= 0.6 is 11.8 Å². The Morgan fingerprint density at radius 1 is 1.39 bits per heavy atom. The second-order valence-electron chi connectivity index (χ2n) is 4.03. The van der Waals surface area contributed by atoms with Gasteiger partial charge >= 0.3 is 5.51 Å². The van der Waals surface area contributed by atoms with Crippen LogP contribution in [0.5, 0.6) is 0 Å². The Labute approximate surface area is 107 Å². The van der Waals surface area contributed by atoms with Gasteiger partial charge in [0.15, 0.2) is 0 Å². The van der Waals surface area contributed by atoms with E-state index < -0.39 is 5.51 Å². The quantitative estimate of drug-likeness (QED) is 0.811. The van der Waals surface area contributed by atoms with Crippen molar-refractivity contribution in [2.45, 2.75) is 24.3 Å². The molecule has 1 aromatic heterocycles. The van der Waals surface area contributed by atoms with Crippen molar-refractivity contribution in [2.75, 3.05) is 23.3 Å². The van der Waals surface area contributed by atoms with E-state index in [1.165, 1.54) is 6.07 Å². The lowest BCUT2D eigenvalue weighted by molar-refractivity contribution is -0.0327. The van der Waals surface area contributed by atoms with Crippen LogP contribution in [0, 0.1) is 0 Å². The molecule has 1 aliphatic rings. The van der Waals surface area contributed by atoms with Gasteiger partial charge in [-0.15, -0.1) is 0 Å². The van der Waals surface area contributed by atoms with Crippen molar-refractivity contribution in [3.8, 4) is 0 Å². The van der Waals surface area contributed by atoms with Crippen molar-refractivity contribution >= 4 is 23.4 Å². The summed E-state index contributed by atoms with van der Waals surface area (Å²) < 4.78 is 35.7. The summed E-state index contributed by atoms with van der Waals surface area (Å²) in [4.78, 5) is 8.34. The molecule has 0 amide bonds. The zero-order chi connectivity index (χ0) is 13.2. The molecule has 0 bridgehead atoms. The molecule has 100 valence electrons. The van der Waals surface area contributed by atoms with Gasteiger partial charge in [-0.2, -0.15) is 13.2 Å². The van der Waals surface area contributed by atoms with E-state index in [4.69, 9.17) is 5.73 Å². The molecule has 0 unspecified atom stereocenters. The first kappa shape index (κ1) is 13.3. The number of hydrogen-bond donors (Lipinski definition) is 2. The van der Waals surface area contributed by atoms with Gasteiger partial charge in [-0.3, -0.25) is 0 Å². The second kappa shape index (κ2) is 5.21. The second-order valence-corrected chi connectivity index (χ2v) is 5.19. The fourth-order valence-electron chi connectivity index (χ4n) is 1.45. The van der Waals surface area contributed by atoms with Crippen LogP contribution < -0.4 is 11.1 Å². The average Bonchev–Trinajstić information content (AvgIpc) is 3.06. The number of nitrogens with two attached hydrogens (primary N) is 1. The number of alkyl halides is 3. The van der Waals surface area contributed by atoms with Gasteiger partial charge in [0.25, 0.3) is 0 Å². The zero-order valence-electron chi connectivity index (χ0n) is 9.50. The van der Waals surface area contributed by atoms with Gasteiger partial charge in [0, 0.05) is 24.3 Å². The van der Waals surface area contributed by atoms with Crippen LogP contribution in [0.25, 0.3) is 0 Å². The molecule has 18 heavy (non-hydrogen) atoms. The highest BCUT2D eigenvalue weighted by Crippen LogP contribution is 2.38. The molecule has 0 saturated heterocycles. The minimum absolute atomic E-state index is 0.0573. The molecule has 2 rings (SSSR count). The molecule has 0 aromatic carbocycles. The Bertz CT molecular complexity index is 420. The number of rotatable bonds is 5.